The topological polar surface area (TPSA) is 70.5 Å². The molecule has 0 fully saturated rings. The number of rotatable bonds is 7. The number of carbonyl (C=O) groups is 1. The minimum Gasteiger partial charge on any atom is -0.295 e. The number of carbonyl (C=O) groups excluding carboxylic acids is 1. The predicted octanol–water partition coefficient (Wildman–Crippen LogP) is 5.50. The average Bonchev–Trinajstić information content (AvgIpc) is 3.33. The number of aromatic amines is 1. The highest BCUT2D eigenvalue weighted by molar-refractivity contribution is 6.29. The van der Waals surface area contributed by atoms with E-state index in [0.717, 1.165) is 17.1 Å². The minimum atomic E-state index is -0.140. The lowest BCUT2D eigenvalue weighted by Crippen LogP contribution is -2.21. The van der Waals surface area contributed by atoms with Gasteiger partial charge >= 0.3 is 0 Å². The number of nitrogens with one attached hydrogen (secondary N) is 1. The molecule has 2 aromatic carbocycles. The van der Waals surface area contributed by atoms with E-state index in [1.807, 2.05) is 117 Å². The van der Waals surface area contributed by atoms with Crippen LogP contribution in [0.3, 0.4) is 0 Å². The monoisotopic (exact) mass is 462 g/mol. The summed E-state index contributed by atoms with van der Waals surface area (Å²) in [7, 11) is 0. The molecule has 6 nitrogen and oxygen atoms in total. The van der Waals surface area contributed by atoms with Gasteiger partial charge in [-0.3, -0.25) is 14.7 Å². The molecule has 1 aliphatic heterocycles. The van der Waals surface area contributed by atoms with Gasteiger partial charge in [0.05, 0.1) is 28.2 Å². The van der Waals surface area contributed by atoms with E-state index >= 15 is 0 Å². The fraction of sp³-hybridized carbons (Fsp3) is 0.0690. The second-order valence-electron chi connectivity index (χ2n) is 7.86. The predicted molar refractivity (Wildman–Crippen MR) is 143 cm³/mol. The SMILES string of the molecule is CC1=NN(c2ccccc2)C(=O)\C1=C/C=C/C=C/C=C/C=C/c1c(C)[nH]n(-c2ccccc2)c1=O. The number of hydrazone groups is 1. The number of para-hydroxylation sites is 2. The van der Waals surface area contributed by atoms with Gasteiger partial charge in [-0.25, -0.2) is 4.68 Å². The van der Waals surface area contributed by atoms with Crippen LogP contribution in [-0.4, -0.2) is 21.4 Å². The van der Waals surface area contributed by atoms with E-state index < -0.39 is 0 Å². The van der Waals surface area contributed by atoms with Gasteiger partial charge in [-0.2, -0.15) is 10.1 Å². The lowest BCUT2D eigenvalue weighted by Gasteiger charge is -2.10. The Hall–Kier alpha value is -4.71. The molecule has 1 N–H and O–H groups in total. The number of H-pyrrole nitrogens is 1. The van der Waals surface area contributed by atoms with Crippen LogP contribution in [0.4, 0.5) is 5.69 Å². The molecule has 3 aromatic rings. The van der Waals surface area contributed by atoms with Crippen LogP contribution in [-0.2, 0) is 4.79 Å². The van der Waals surface area contributed by atoms with Crippen LogP contribution < -0.4 is 10.6 Å². The van der Waals surface area contributed by atoms with Crippen molar-refractivity contribution in [3.8, 4) is 5.69 Å². The molecular formula is C29H26N4O2. The van der Waals surface area contributed by atoms with Crippen LogP contribution >= 0.6 is 0 Å². The summed E-state index contributed by atoms with van der Waals surface area (Å²) in [4.78, 5) is 25.3. The molecule has 174 valence electrons. The van der Waals surface area contributed by atoms with Crippen molar-refractivity contribution in [1.82, 2.24) is 9.78 Å². The van der Waals surface area contributed by atoms with E-state index in [4.69, 9.17) is 0 Å². The first-order valence-corrected chi connectivity index (χ1v) is 11.3. The van der Waals surface area contributed by atoms with E-state index in [0.29, 0.717) is 16.8 Å². The second-order valence-corrected chi connectivity index (χ2v) is 7.86. The van der Waals surface area contributed by atoms with Crippen LogP contribution in [0.5, 0.6) is 0 Å². The summed E-state index contributed by atoms with van der Waals surface area (Å²) < 4.78 is 1.54. The minimum absolute atomic E-state index is 0.0871. The molecular weight excluding hydrogens is 436 g/mol. The molecule has 0 radical (unpaired) electrons. The molecule has 0 saturated carbocycles. The van der Waals surface area contributed by atoms with Gasteiger partial charge in [0.25, 0.3) is 11.5 Å². The second kappa shape index (κ2) is 10.9. The van der Waals surface area contributed by atoms with E-state index in [2.05, 4.69) is 10.2 Å². The van der Waals surface area contributed by atoms with Gasteiger partial charge in [0.15, 0.2) is 0 Å². The maximum Gasteiger partial charge on any atom is 0.280 e. The molecule has 1 aromatic heterocycles. The maximum absolute atomic E-state index is 12.7. The Kier molecular flexibility index (Phi) is 7.33. The third-order valence-electron chi connectivity index (χ3n) is 5.39. The normalized spacial score (nSPS) is 15.6. The first-order valence-electron chi connectivity index (χ1n) is 11.3. The number of nitrogens with zero attached hydrogens (tertiary/aromatic N) is 3. The third kappa shape index (κ3) is 5.45. The highest BCUT2D eigenvalue weighted by Gasteiger charge is 2.27. The van der Waals surface area contributed by atoms with Crippen molar-refractivity contribution < 1.29 is 4.79 Å². The van der Waals surface area contributed by atoms with Crippen molar-refractivity contribution in [3.05, 3.63) is 136 Å². The molecule has 1 amide bonds. The molecule has 0 bridgehead atoms. The number of aryl methyl sites for hydroxylation is 1. The molecule has 0 saturated heterocycles. The third-order valence-corrected chi connectivity index (χ3v) is 5.39. The molecule has 0 atom stereocenters. The summed E-state index contributed by atoms with van der Waals surface area (Å²) in [6, 6.07) is 18.8. The van der Waals surface area contributed by atoms with Crippen LogP contribution in [0.25, 0.3) is 11.8 Å². The van der Waals surface area contributed by atoms with Crippen LogP contribution in [0.1, 0.15) is 18.2 Å². The quantitative estimate of drug-likeness (QED) is 0.372. The maximum atomic E-state index is 12.7. The summed E-state index contributed by atoms with van der Waals surface area (Å²) in [6.07, 6.45) is 16.5. The lowest BCUT2D eigenvalue weighted by atomic mass is 10.1. The Morgan fingerprint density at radius 3 is 1.97 bits per heavy atom. The number of benzene rings is 2. The fourth-order valence-electron chi connectivity index (χ4n) is 3.59. The van der Waals surface area contributed by atoms with Crippen molar-refractivity contribution in [3.63, 3.8) is 0 Å². The van der Waals surface area contributed by atoms with Crippen LogP contribution in [0.2, 0.25) is 0 Å². The highest BCUT2D eigenvalue weighted by atomic mass is 16.2. The fourth-order valence-corrected chi connectivity index (χ4v) is 3.59. The van der Waals surface area contributed by atoms with Crippen molar-refractivity contribution in [1.29, 1.82) is 0 Å². The molecule has 6 heteroatoms. The zero-order valence-electron chi connectivity index (χ0n) is 19.6. The zero-order valence-corrected chi connectivity index (χ0v) is 19.6. The number of hydrogen-bond acceptors (Lipinski definition) is 3. The van der Waals surface area contributed by atoms with Gasteiger partial charge < -0.3 is 0 Å². The molecule has 0 unspecified atom stereocenters. The lowest BCUT2D eigenvalue weighted by molar-refractivity contribution is -0.114. The van der Waals surface area contributed by atoms with Crippen LogP contribution in [0, 0.1) is 6.92 Å². The van der Waals surface area contributed by atoms with E-state index in [9.17, 15) is 9.59 Å². The Bertz CT molecular complexity index is 1430. The summed E-state index contributed by atoms with van der Waals surface area (Å²) in [5.74, 6) is -0.140. The van der Waals surface area contributed by atoms with Gasteiger partial charge in [-0.15, -0.1) is 0 Å². The summed E-state index contributed by atoms with van der Waals surface area (Å²) in [6.45, 7) is 3.70. The van der Waals surface area contributed by atoms with E-state index in [-0.39, 0.29) is 11.5 Å². The largest absolute Gasteiger partial charge is 0.295 e. The average molecular weight is 463 g/mol. The van der Waals surface area contributed by atoms with Crippen molar-refractivity contribution in [2.24, 2.45) is 5.10 Å². The van der Waals surface area contributed by atoms with Crippen LogP contribution in [0.15, 0.2) is 125 Å². The van der Waals surface area contributed by atoms with Crippen molar-refractivity contribution in [2.75, 3.05) is 5.01 Å². The smallest absolute Gasteiger partial charge is 0.280 e. The van der Waals surface area contributed by atoms with Crippen molar-refractivity contribution in [2.45, 2.75) is 13.8 Å². The first-order chi connectivity index (χ1) is 17.1. The highest BCUT2D eigenvalue weighted by Crippen LogP contribution is 2.23. The molecule has 0 spiro atoms. The Balaban J connectivity index is 1.34. The Morgan fingerprint density at radius 1 is 0.743 bits per heavy atom. The number of allylic oxidation sites excluding steroid dienone is 8. The Morgan fingerprint density at radius 2 is 1.31 bits per heavy atom. The van der Waals surface area contributed by atoms with Gasteiger partial charge in [0.2, 0.25) is 0 Å². The number of anilines is 1. The number of hydrogen-bond donors (Lipinski definition) is 1. The van der Waals surface area contributed by atoms with E-state index in [1.54, 1.807) is 16.8 Å². The molecule has 35 heavy (non-hydrogen) atoms. The van der Waals surface area contributed by atoms with E-state index in [1.165, 1.54) is 5.01 Å². The van der Waals surface area contributed by atoms with Gasteiger partial charge in [-0.1, -0.05) is 78.9 Å². The van der Waals surface area contributed by atoms with Gasteiger partial charge in [-0.05, 0) is 50.3 Å². The molecule has 2 heterocycles. The van der Waals surface area contributed by atoms with Gasteiger partial charge in [0, 0.05) is 5.69 Å². The summed E-state index contributed by atoms with van der Waals surface area (Å²) in [5, 5.41) is 8.89. The van der Waals surface area contributed by atoms with Gasteiger partial charge in [0.1, 0.15) is 0 Å². The standard InChI is InChI=1S/C29H26N4O2/c1-22-26(28(34)32(30-22)24-16-10-8-11-17-24)20-14-6-4-3-5-7-15-21-27-23(2)31-33(29(27)35)25-18-12-9-13-19-25/h3-21,30H,1-2H3/b5-3+,6-4+,15-7+,20-14+,27-21-. The molecule has 4 rings (SSSR count). The summed E-state index contributed by atoms with van der Waals surface area (Å²) in [5.41, 5.74) is 4.14. The summed E-state index contributed by atoms with van der Waals surface area (Å²) >= 11 is 0. The number of amides is 1. The van der Waals surface area contributed by atoms with Crippen molar-refractivity contribution >= 4 is 23.4 Å². The molecule has 0 aliphatic carbocycles. The Labute approximate surface area is 204 Å². The first kappa shape index (κ1) is 23.4. The zero-order chi connectivity index (χ0) is 24.6. The number of aromatic nitrogens is 2. The molecule has 1 aliphatic rings.